The zero-order valence-corrected chi connectivity index (χ0v) is 12.0. The largest absolute Gasteiger partial charge is 0.481 e. The molecule has 0 spiro atoms. The van der Waals surface area contributed by atoms with Crippen LogP contribution < -0.4 is 4.72 Å². The highest BCUT2D eigenvalue weighted by molar-refractivity contribution is 7.89. The minimum Gasteiger partial charge on any atom is -0.481 e. The second-order valence-electron chi connectivity index (χ2n) is 4.71. The molecule has 1 atom stereocenters. The lowest BCUT2D eigenvalue weighted by molar-refractivity contribution is -0.142. The Morgan fingerprint density at radius 3 is 2.29 bits per heavy atom. The number of carboxylic acids is 1. The molecule has 1 unspecified atom stereocenters. The van der Waals surface area contributed by atoms with E-state index >= 15 is 0 Å². The maximum absolute atomic E-state index is 13.4. The summed E-state index contributed by atoms with van der Waals surface area (Å²) < 4.78 is 64.8. The van der Waals surface area contributed by atoms with E-state index in [0.29, 0.717) is 12.1 Å². The summed E-state index contributed by atoms with van der Waals surface area (Å²) in [6, 6.07) is 1.05. The van der Waals surface area contributed by atoms with Crippen molar-refractivity contribution >= 4 is 16.0 Å². The Kier molecular flexibility index (Phi) is 5.35. The summed E-state index contributed by atoms with van der Waals surface area (Å²) in [6.07, 6.45) is 0. The normalized spacial score (nSPS) is 13.4. The second kappa shape index (κ2) is 6.44. The van der Waals surface area contributed by atoms with Crippen molar-refractivity contribution < 1.29 is 31.5 Å². The van der Waals surface area contributed by atoms with Crippen LogP contribution in [-0.4, -0.2) is 26.0 Å². The Bertz CT molecular complexity index is 646. The van der Waals surface area contributed by atoms with E-state index in [9.17, 15) is 26.4 Å². The van der Waals surface area contributed by atoms with Crippen LogP contribution in [0.15, 0.2) is 17.0 Å². The van der Waals surface area contributed by atoms with Crippen LogP contribution in [-0.2, 0) is 14.8 Å². The molecular formula is C12H14F3NO4S. The standard InChI is InChI=1S/C12H14F3NO4S/c1-6(2)7(12(17)18)5-16-21(19,20)9-4-3-8(13)10(14)11(9)15/h3-4,6-7,16H,5H2,1-2H3,(H,17,18). The van der Waals surface area contributed by atoms with Crippen molar-refractivity contribution in [2.45, 2.75) is 18.7 Å². The van der Waals surface area contributed by atoms with Gasteiger partial charge in [-0.15, -0.1) is 0 Å². The molecule has 0 radical (unpaired) electrons. The van der Waals surface area contributed by atoms with E-state index in [1.165, 1.54) is 0 Å². The van der Waals surface area contributed by atoms with Gasteiger partial charge in [0.05, 0.1) is 5.92 Å². The maximum atomic E-state index is 13.4. The summed E-state index contributed by atoms with van der Waals surface area (Å²) in [6.45, 7) is 2.66. The number of sulfonamides is 1. The predicted octanol–water partition coefficient (Wildman–Crippen LogP) is 1.74. The van der Waals surface area contributed by atoms with Gasteiger partial charge < -0.3 is 5.11 Å². The SMILES string of the molecule is CC(C)C(CNS(=O)(=O)c1ccc(F)c(F)c1F)C(=O)O. The highest BCUT2D eigenvalue weighted by atomic mass is 32.2. The number of rotatable bonds is 6. The van der Waals surface area contributed by atoms with Crippen molar-refractivity contribution in [3.05, 3.63) is 29.6 Å². The van der Waals surface area contributed by atoms with Crippen molar-refractivity contribution in [1.29, 1.82) is 0 Å². The summed E-state index contributed by atoms with van der Waals surface area (Å²) in [5.74, 6) is -7.90. The highest BCUT2D eigenvalue weighted by Gasteiger charge is 2.27. The van der Waals surface area contributed by atoms with Gasteiger partial charge in [-0.05, 0) is 18.1 Å². The minimum atomic E-state index is -4.49. The van der Waals surface area contributed by atoms with E-state index in [0.717, 1.165) is 0 Å². The quantitative estimate of drug-likeness (QED) is 0.781. The average molecular weight is 325 g/mol. The lowest BCUT2D eigenvalue weighted by Crippen LogP contribution is -2.36. The molecule has 0 aromatic heterocycles. The first kappa shape index (κ1) is 17.4. The van der Waals surface area contributed by atoms with E-state index in [2.05, 4.69) is 0 Å². The Labute approximate surface area is 119 Å². The van der Waals surface area contributed by atoms with E-state index in [1.54, 1.807) is 13.8 Å². The number of benzene rings is 1. The lowest BCUT2D eigenvalue weighted by Gasteiger charge is -2.17. The van der Waals surface area contributed by atoms with Crippen LogP contribution in [0.1, 0.15) is 13.8 Å². The summed E-state index contributed by atoms with van der Waals surface area (Å²) in [7, 11) is -4.49. The van der Waals surface area contributed by atoms with Gasteiger partial charge in [-0.25, -0.2) is 26.3 Å². The first-order chi connectivity index (χ1) is 9.58. The van der Waals surface area contributed by atoms with Crippen molar-refractivity contribution in [2.24, 2.45) is 11.8 Å². The molecule has 2 N–H and O–H groups in total. The molecule has 0 bridgehead atoms. The number of halogens is 3. The molecular weight excluding hydrogens is 311 g/mol. The number of hydrogen-bond acceptors (Lipinski definition) is 3. The van der Waals surface area contributed by atoms with Crippen LogP contribution in [0.3, 0.4) is 0 Å². The predicted molar refractivity (Wildman–Crippen MR) is 67.5 cm³/mol. The van der Waals surface area contributed by atoms with Crippen LogP contribution in [0, 0.1) is 29.3 Å². The van der Waals surface area contributed by atoms with E-state index in [4.69, 9.17) is 5.11 Å². The van der Waals surface area contributed by atoms with E-state index in [-0.39, 0.29) is 5.92 Å². The molecule has 21 heavy (non-hydrogen) atoms. The van der Waals surface area contributed by atoms with Crippen LogP contribution >= 0.6 is 0 Å². The van der Waals surface area contributed by atoms with Crippen LogP contribution in [0.25, 0.3) is 0 Å². The Morgan fingerprint density at radius 1 is 1.24 bits per heavy atom. The molecule has 1 aromatic rings. The van der Waals surface area contributed by atoms with Gasteiger partial charge in [-0.1, -0.05) is 13.8 Å². The molecule has 0 aliphatic rings. The summed E-state index contributed by atoms with van der Waals surface area (Å²) >= 11 is 0. The molecule has 1 aromatic carbocycles. The molecule has 5 nitrogen and oxygen atoms in total. The smallest absolute Gasteiger partial charge is 0.308 e. The molecule has 0 saturated heterocycles. The first-order valence-corrected chi connectivity index (χ1v) is 7.42. The first-order valence-electron chi connectivity index (χ1n) is 5.94. The molecule has 9 heteroatoms. The summed E-state index contributed by atoms with van der Waals surface area (Å²) in [5, 5.41) is 8.93. The van der Waals surface area contributed by atoms with E-state index < -0.39 is 50.8 Å². The third kappa shape index (κ3) is 3.94. The number of nitrogens with one attached hydrogen (secondary N) is 1. The van der Waals surface area contributed by atoms with Crippen LogP contribution in [0.5, 0.6) is 0 Å². The van der Waals surface area contributed by atoms with Crippen molar-refractivity contribution in [3.8, 4) is 0 Å². The Hall–Kier alpha value is -1.61. The van der Waals surface area contributed by atoms with Gasteiger partial charge in [0.15, 0.2) is 17.5 Å². The van der Waals surface area contributed by atoms with Crippen molar-refractivity contribution in [3.63, 3.8) is 0 Å². The van der Waals surface area contributed by atoms with Gasteiger partial charge in [-0.2, -0.15) is 0 Å². The van der Waals surface area contributed by atoms with Gasteiger partial charge in [-0.3, -0.25) is 4.79 Å². The molecule has 118 valence electrons. The maximum Gasteiger partial charge on any atom is 0.308 e. The summed E-state index contributed by atoms with van der Waals surface area (Å²) in [4.78, 5) is 9.87. The highest BCUT2D eigenvalue weighted by Crippen LogP contribution is 2.20. The lowest BCUT2D eigenvalue weighted by atomic mass is 9.97. The van der Waals surface area contributed by atoms with Gasteiger partial charge in [0.1, 0.15) is 4.90 Å². The number of hydrogen-bond donors (Lipinski definition) is 2. The molecule has 0 saturated carbocycles. The third-order valence-corrected chi connectivity index (χ3v) is 4.35. The monoisotopic (exact) mass is 325 g/mol. The Balaban J connectivity index is 3.03. The zero-order chi connectivity index (χ0) is 16.4. The van der Waals surface area contributed by atoms with Gasteiger partial charge in [0.25, 0.3) is 0 Å². The van der Waals surface area contributed by atoms with Gasteiger partial charge in [0.2, 0.25) is 10.0 Å². The third-order valence-electron chi connectivity index (χ3n) is 2.90. The fourth-order valence-electron chi connectivity index (χ4n) is 1.60. The van der Waals surface area contributed by atoms with E-state index in [1.807, 2.05) is 4.72 Å². The van der Waals surface area contributed by atoms with Gasteiger partial charge >= 0.3 is 5.97 Å². The number of carboxylic acid groups (broad SMARTS) is 1. The minimum absolute atomic E-state index is 0.375. The summed E-state index contributed by atoms with van der Waals surface area (Å²) in [5.41, 5.74) is 0. The molecule has 0 amide bonds. The number of carbonyl (C=O) groups is 1. The molecule has 0 fully saturated rings. The van der Waals surface area contributed by atoms with Gasteiger partial charge in [0, 0.05) is 6.54 Å². The molecule has 0 aliphatic carbocycles. The van der Waals surface area contributed by atoms with Crippen LogP contribution in [0.2, 0.25) is 0 Å². The van der Waals surface area contributed by atoms with Crippen LogP contribution in [0.4, 0.5) is 13.2 Å². The average Bonchev–Trinajstić information content (AvgIpc) is 2.34. The fourth-order valence-corrected chi connectivity index (χ4v) is 2.73. The zero-order valence-electron chi connectivity index (χ0n) is 11.2. The second-order valence-corrected chi connectivity index (χ2v) is 6.45. The topological polar surface area (TPSA) is 83.5 Å². The molecule has 0 aliphatic heterocycles. The number of aliphatic carboxylic acids is 1. The molecule has 1 rings (SSSR count). The molecule has 0 heterocycles. The Morgan fingerprint density at radius 2 is 1.81 bits per heavy atom. The van der Waals surface area contributed by atoms with Crippen molar-refractivity contribution in [2.75, 3.05) is 6.54 Å². The fraction of sp³-hybridized carbons (Fsp3) is 0.417. The van der Waals surface area contributed by atoms with Crippen molar-refractivity contribution in [1.82, 2.24) is 4.72 Å².